The third kappa shape index (κ3) is 4.92. The fourth-order valence-corrected chi connectivity index (χ4v) is 4.12. The van der Waals surface area contributed by atoms with Gasteiger partial charge in [-0.15, -0.1) is 0 Å². The molecule has 0 aliphatic carbocycles. The van der Waals surface area contributed by atoms with E-state index in [4.69, 9.17) is 17.0 Å². The molecule has 2 aromatic heterocycles. The van der Waals surface area contributed by atoms with Gasteiger partial charge in [-0.05, 0) is 43.4 Å². The number of thiocarbonyl (C=S) groups is 1. The molecule has 0 atom stereocenters. The number of anilines is 2. The topological polar surface area (TPSA) is 133 Å². The van der Waals surface area contributed by atoms with Crippen LogP contribution in [0.4, 0.5) is 11.6 Å². The first-order chi connectivity index (χ1) is 16.8. The molecule has 0 radical (unpaired) electrons. The summed E-state index contributed by atoms with van der Waals surface area (Å²) in [6.45, 7) is 4.71. The largest absolute Gasteiger partial charge is 0.545 e. The van der Waals surface area contributed by atoms with E-state index in [1.807, 2.05) is 16.7 Å². The van der Waals surface area contributed by atoms with Crippen molar-refractivity contribution in [2.75, 3.05) is 43.5 Å². The van der Waals surface area contributed by atoms with Crippen LogP contribution in [0.25, 0.3) is 11.0 Å². The number of hydrogen-bond donors (Lipinski definition) is 1. The number of methoxy groups -OCH3 is 1. The predicted octanol–water partition coefficient (Wildman–Crippen LogP) is 0.481. The molecule has 1 saturated heterocycles. The first-order valence-corrected chi connectivity index (χ1v) is 11.3. The van der Waals surface area contributed by atoms with E-state index in [0.717, 1.165) is 5.69 Å². The summed E-state index contributed by atoms with van der Waals surface area (Å²) in [7, 11) is 1.34. The zero-order valence-electron chi connectivity index (χ0n) is 19.2. The van der Waals surface area contributed by atoms with E-state index in [1.54, 1.807) is 28.8 Å². The van der Waals surface area contributed by atoms with Gasteiger partial charge < -0.3 is 34.3 Å². The normalized spacial score (nSPS) is 13.5. The molecule has 0 bridgehead atoms. The van der Waals surface area contributed by atoms with Crippen LogP contribution in [0.2, 0.25) is 0 Å². The molecule has 1 aliphatic rings. The molecule has 3 heterocycles. The Hall–Kier alpha value is -4.06. The van der Waals surface area contributed by atoms with Gasteiger partial charge in [0.25, 0.3) is 0 Å². The van der Waals surface area contributed by atoms with E-state index >= 15 is 0 Å². The van der Waals surface area contributed by atoms with Gasteiger partial charge in [-0.1, -0.05) is 0 Å². The number of pyridine rings is 1. The van der Waals surface area contributed by atoms with Gasteiger partial charge in [0.2, 0.25) is 11.4 Å². The summed E-state index contributed by atoms with van der Waals surface area (Å²) in [5, 5.41) is 15.2. The number of piperazine rings is 1. The molecule has 1 N–H and O–H groups in total. The molecule has 182 valence electrons. The molecule has 0 saturated carbocycles. The number of carbonyl (C=O) groups is 2. The van der Waals surface area contributed by atoms with Gasteiger partial charge in [-0.25, -0.2) is 9.78 Å². The summed E-state index contributed by atoms with van der Waals surface area (Å²) < 4.78 is 6.31. The Morgan fingerprint density at radius 2 is 1.86 bits per heavy atom. The lowest BCUT2D eigenvalue weighted by Gasteiger charge is -2.36. The molecule has 1 fully saturated rings. The summed E-state index contributed by atoms with van der Waals surface area (Å²) in [5.74, 6) is -1.47. The second kappa shape index (κ2) is 10.1. The molecule has 0 spiro atoms. The number of esters is 1. The number of nitrogens with one attached hydrogen (secondary N) is 1. The average Bonchev–Trinajstić information content (AvgIpc) is 2.88. The van der Waals surface area contributed by atoms with Crippen molar-refractivity contribution in [2.45, 2.75) is 13.5 Å². The standard InChI is InChI=1S/C23H24N6O5S/c1-3-27-13-17(20(31)32)18(30)16-12-24-22(26-19(16)27)28-8-10-29(11-9-28)23(35)25-15-6-4-14(5-7-15)21(33)34-2/h4-7,12-13H,3,8-11H2,1-2H3,(H,25,35)(H,31,32)/p-1. The highest BCUT2D eigenvalue weighted by molar-refractivity contribution is 7.80. The van der Waals surface area contributed by atoms with E-state index in [0.29, 0.717) is 55.0 Å². The number of benzene rings is 1. The minimum Gasteiger partial charge on any atom is -0.545 e. The van der Waals surface area contributed by atoms with E-state index in [9.17, 15) is 19.5 Å². The minimum absolute atomic E-state index is 0.138. The van der Waals surface area contributed by atoms with Crippen molar-refractivity contribution in [1.29, 1.82) is 0 Å². The van der Waals surface area contributed by atoms with Crippen LogP contribution in [0.3, 0.4) is 0 Å². The third-order valence-electron chi connectivity index (χ3n) is 5.77. The van der Waals surface area contributed by atoms with Crippen molar-refractivity contribution in [1.82, 2.24) is 19.4 Å². The number of aromatic carboxylic acids is 1. The molecule has 1 aliphatic heterocycles. The Morgan fingerprint density at radius 3 is 2.46 bits per heavy atom. The number of aryl methyl sites for hydroxylation is 1. The Kier molecular flexibility index (Phi) is 6.92. The van der Waals surface area contributed by atoms with E-state index in [-0.39, 0.29) is 5.39 Å². The Morgan fingerprint density at radius 1 is 1.17 bits per heavy atom. The van der Waals surface area contributed by atoms with Gasteiger partial charge in [-0.3, -0.25) is 4.79 Å². The summed E-state index contributed by atoms with van der Waals surface area (Å²) in [4.78, 5) is 48.2. The van der Waals surface area contributed by atoms with Gasteiger partial charge in [-0.2, -0.15) is 4.98 Å². The number of carboxylic acids is 1. The summed E-state index contributed by atoms with van der Waals surface area (Å²) in [6.07, 6.45) is 2.63. The highest BCUT2D eigenvalue weighted by Crippen LogP contribution is 2.17. The van der Waals surface area contributed by atoms with Gasteiger partial charge in [0.1, 0.15) is 5.65 Å². The van der Waals surface area contributed by atoms with Crippen molar-refractivity contribution in [2.24, 2.45) is 0 Å². The lowest BCUT2D eigenvalue weighted by molar-refractivity contribution is -0.255. The lowest BCUT2D eigenvalue weighted by atomic mass is 10.2. The predicted molar refractivity (Wildman–Crippen MR) is 132 cm³/mol. The smallest absolute Gasteiger partial charge is 0.337 e. The van der Waals surface area contributed by atoms with Crippen LogP contribution in [0.5, 0.6) is 0 Å². The van der Waals surface area contributed by atoms with Crippen LogP contribution in [0.15, 0.2) is 41.5 Å². The van der Waals surface area contributed by atoms with Crippen molar-refractivity contribution < 1.29 is 19.4 Å². The van der Waals surface area contributed by atoms with Crippen LogP contribution in [-0.4, -0.2) is 69.8 Å². The number of nitrogens with zero attached hydrogens (tertiary/aromatic N) is 5. The Labute approximate surface area is 206 Å². The molecule has 4 rings (SSSR count). The van der Waals surface area contributed by atoms with Crippen LogP contribution >= 0.6 is 12.2 Å². The van der Waals surface area contributed by atoms with E-state index in [1.165, 1.54) is 19.5 Å². The van der Waals surface area contributed by atoms with Gasteiger partial charge in [0, 0.05) is 50.8 Å². The molecule has 0 amide bonds. The highest BCUT2D eigenvalue weighted by atomic mass is 32.1. The van der Waals surface area contributed by atoms with Crippen molar-refractivity contribution in [3.63, 3.8) is 0 Å². The van der Waals surface area contributed by atoms with Crippen molar-refractivity contribution in [3.05, 3.63) is 58.0 Å². The molecule has 35 heavy (non-hydrogen) atoms. The quantitative estimate of drug-likeness (QED) is 0.391. The second-order valence-corrected chi connectivity index (χ2v) is 8.21. The lowest BCUT2D eigenvalue weighted by Crippen LogP contribution is -2.50. The van der Waals surface area contributed by atoms with Crippen LogP contribution < -0.4 is 20.8 Å². The summed E-state index contributed by atoms with van der Waals surface area (Å²) in [6, 6.07) is 6.85. The Bertz CT molecular complexity index is 1350. The number of carboxylic acid groups (broad SMARTS) is 1. The SMILES string of the molecule is CCn1cc(C(=O)[O-])c(=O)c2cnc(N3CCN(C(=S)Nc4ccc(C(=O)OC)cc4)CC3)nc21. The highest BCUT2D eigenvalue weighted by Gasteiger charge is 2.22. The van der Waals surface area contributed by atoms with Gasteiger partial charge in [0.15, 0.2) is 5.11 Å². The maximum absolute atomic E-state index is 12.5. The zero-order valence-corrected chi connectivity index (χ0v) is 20.0. The number of hydrogen-bond acceptors (Lipinski definition) is 9. The number of fused-ring (bicyclic) bond motifs is 1. The minimum atomic E-state index is -1.52. The maximum Gasteiger partial charge on any atom is 0.337 e. The van der Waals surface area contributed by atoms with Crippen molar-refractivity contribution in [3.8, 4) is 0 Å². The molecule has 0 unspecified atom stereocenters. The maximum atomic E-state index is 12.5. The second-order valence-electron chi connectivity index (χ2n) is 7.83. The van der Waals surface area contributed by atoms with Crippen LogP contribution in [-0.2, 0) is 11.3 Å². The van der Waals surface area contributed by atoms with Gasteiger partial charge in [0.05, 0.1) is 29.6 Å². The third-order valence-corrected chi connectivity index (χ3v) is 6.13. The number of carbonyl (C=O) groups excluding carboxylic acids is 2. The first-order valence-electron chi connectivity index (χ1n) is 10.9. The van der Waals surface area contributed by atoms with Gasteiger partial charge >= 0.3 is 5.97 Å². The average molecular weight is 496 g/mol. The Balaban J connectivity index is 1.44. The summed E-state index contributed by atoms with van der Waals surface area (Å²) in [5.41, 5.74) is 0.526. The fraction of sp³-hybridized carbons (Fsp3) is 0.304. The molecule has 3 aromatic rings. The van der Waals surface area contributed by atoms with E-state index in [2.05, 4.69) is 15.3 Å². The molecule has 11 nitrogen and oxygen atoms in total. The fourth-order valence-electron chi connectivity index (χ4n) is 3.82. The number of ether oxygens (including phenoxy) is 1. The monoisotopic (exact) mass is 495 g/mol. The number of aromatic nitrogens is 3. The number of rotatable bonds is 5. The molecular weight excluding hydrogens is 472 g/mol. The molecule has 12 heteroatoms. The molecular formula is C23H23N6O5S-. The first kappa shape index (κ1) is 24.1. The van der Waals surface area contributed by atoms with Crippen molar-refractivity contribution >= 4 is 51.9 Å². The summed E-state index contributed by atoms with van der Waals surface area (Å²) >= 11 is 5.54. The van der Waals surface area contributed by atoms with Crippen LogP contribution in [0.1, 0.15) is 27.6 Å². The zero-order chi connectivity index (χ0) is 25.1. The molecule has 1 aromatic carbocycles. The van der Waals surface area contributed by atoms with Crippen LogP contribution in [0, 0.1) is 0 Å². The van der Waals surface area contributed by atoms with E-state index < -0.39 is 22.9 Å².